The number of esters is 1. The smallest absolute Gasteiger partial charge is 0.314 e. The number of hydrogen-bond acceptors (Lipinski definition) is 6. The van der Waals surface area contributed by atoms with Crippen molar-refractivity contribution in [3.63, 3.8) is 0 Å². The van der Waals surface area contributed by atoms with Crippen molar-refractivity contribution in [1.29, 1.82) is 0 Å². The lowest BCUT2D eigenvalue weighted by molar-refractivity contribution is -0.155. The van der Waals surface area contributed by atoms with Gasteiger partial charge in [-0.15, -0.1) is 0 Å². The van der Waals surface area contributed by atoms with Gasteiger partial charge >= 0.3 is 5.97 Å². The Morgan fingerprint density at radius 2 is 1.73 bits per heavy atom. The van der Waals surface area contributed by atoms with E-state index >= 15 is 0 Å². The fourth-order valence-corrected chi connectivity index (χ4v) is 3.53. The second-order valence-electron chi connectivity index (χ2n) is 7.87. The molecule has 0 atom stereocenters. The van der Waals surface area contributed by atoms with Gasteiger partial charge in [-0.2, -0.15) is 0 Å². The second kappa shape index (κ2) is 8.78. The third kappa shape index (κ3) is 4.13. The van der Waals surface area contributed by atoms with Crippen LogP contribution >= 0.6 is 0 Å². The zero-order chi connectivity index (χ0) is 21.9. The minimum absolute atomic E-state index is 0.103. The molecule has 0 N–H and O–H groups in total. The van der Waals surface area contributed by atoms with Crippen molar-refractivity contribution in [1.82, 2.24) is 0 Å². The molecule has 2 aromatic rings. The molecule has 1 aliphatic carbocycles. The van der Waals surface area contributed by atoms with Gasteiger partial charge in [0.1, 0.15) is 6.61 Å². The fourth-order valence-electron chi connectivity index (χ4n) is 3.53. The highest BCUT2D eigenvalue weighted by atomic mass is 16.5. The fraction of sp³-hybridized carbons (Fsp3) is 0.417. The van der Waals surface area contributed by atoms with Gasteiger partial charge in [0.15, 0.2) is 17.3 Å². The molecule has 0 fully saturated rings. The average Bonchev–Trinajstić information content (AvgIpc) is 3.11. The van der Waals surface area contributed by atoms with E-state index in [1.54, 1.807) is 35.0 Å². The number of methoxy groups -OCH3 is 2. The predicted octanol–water partition coefficient (Wildman–Crippen LogP) is 4.47. The van der Waals surface area contributed by atoms with Crippen molar-refractivity contribution in [3.05, 3.63) is 41.5 Å². The molecule has 0 saturated heterocycles. The Morgan fingerprint density at radius 1 is 1.00 bits per heavy atom. The molecule has 0 heterocycles. The Hall–Kier alpha value is -3.02. The molecular formula is C24H28O6. The Bertz CT molecular complexity index is 960. The van der Waals surface area contributed by atoms with E-state index in [-0.39, 0.29) is 18.4 Å². The molecule has 0 bridgehead atoms. The van der Waals surface area contributed by atoms with E-state index in [0.717, 1.165) is 28.7 Å². The van der Waals surface area contributed by atoms with Gasteiger partial charge in [0.25, 0.3) is 0 Å². The molecular weight excluding hydrogens is 384 g/mol. The van der Waals surface area contributed by atoms with Gasteiger partial charge in [0.05, 0.1) is 26.2 Å². The van der Waals surface area contributed by atoms with Gasteiger partial charge < -0.3 is 18.9 Å². The van der Waals surface area contributed by atoms with Crippen LogP contribution in [0.1, 0.15) is 43.1 Å². The van der Waals surface area contributed by atoms with Crippen molar-refractivity contribution in [3.8, 4) is 28.4 Å². The Labute approximate surface area is 177 Å². The SMILES string of the molecule is CCOC(=O)C(C)(C)COc1c(-c2ccc3c(c2)CCC3=O)ccc(OC)c1OC. The summed E-state index contributed by atoms with van der Waals surface area (Å²) in [5.41, 5.74) is 2.68. The van der Waals surface area contributed by atoms with Crippen LogP contribution < -0.4 is 14.2 Å². The van der Waals surface area contributed by atoms with E-state index in [2.05, 4.69) is 0 Å². The summed E-state index contributed by atoms with van der Waals surface area (Å²) in [4.78, 5) is 24.3. The number of aryl methyl sites for hydroxylation is 1. The predicted molar refractivity (Wildman–Crippen MR) is 114 cm³/mol. The normalized spacial score (nSPS) is 13.0. The molecule has 6 nitrogen and oxygen atoms in total. The molecule has 3 rings (SSSR count). The van der Waals surface area contributed by atoms with Crippen molar-refractivity contribution in [2.24, 2.45) is 5.41 Å². The molecule has 0 aromatic heterocycles. The van der Waals surface area contributed by atoms with E-state index < -0.39 is 5.41 Å². The molecule has 0 radical (unpaired) electrons. The first-order valence-corrected chi connectivity index (χ1v) is 10.0. The molecule has 160 valence electrons. The lowest BCUT2D eigenvalue weighted by Crippen LogP contribution is -2.33. The summed E-state index contributed by atoms with van der Waals surface area (Å²) in [6, 6.07) is 9.50. The van der Waals surface area contributed by atoms with Crippen LogP contribution in [0.15, 0.2) is 30.3 Å². The van der Waals surface area contributed by atoms with E-state index in [4.69, 9.17) is 18.9 Å². The summed E-state index contributed by atoms with van der Waals surface area (Å²) >= 11 is 0. The Morgan fingerprint density at radius 3 is 2.40 bits per heavy atom. The zero-order valence-corrected chi connectivity index (χ0v) is 18.2. The van der Waals surface area contributed by atoms with Gasteiger partial charge in [-0.25, -0.2) is 0 Å². The summed E-state index contributed by atoms with van der Waals surface area (Å²) < 4.78 is 22.3. The number of ketones is 1. The maximum atomic E-state index is 12.3. The molecule has 0 spiro atoms. The number of ether oxygens (including phenoxy) is 4. The van der Waals surface area contributed by atoms with E-state index in [1.165, 1.54) is 0 Å². The van der Waals surface area contributed by atoms with Gasteiger partial charge in [-0.1, -0.05) is 18.2 Å². The average molecular weight is 412 g/mol. The molecule has 30 heavy (non-hydrogen) atoms. The van der Waals surface area contributed by atoms with Gasteiger partial charge in [0.2, 0.25) is 5.75 Å². The highest BCUT2D eigenvalue weighted by Crippen LogP contribution is 2.45. The molecule has 0 aliphatic heterocycles. The first-order chi connectivity index (χ1) is 14.3. The summed E-state index contributed by atoms with van der Waals surface area (Å²) in [7, 11) is 3.11. The van der Waals surface area contributed by atoms with Crippen molar-refractivity contribution in [2.45, 2.75) is 33.6 Å². The number of hydrogen-bond donors (Lipinski definition) is 0. The summed E-state index contributed by atoms with van der Waals surface area (Å²) in [6.07, 6.45) is 1.28. The summed E-state index contributed by atoms with van der Waals surface area (Å²) in [5, 5.41) is 0. The summed E-state index contributed by atoms with van der Waals surface area (Å²) in [5.74, 6) is 1.31. The first-order valence-electron chi connectivity index (χ1n) is 10.0. The lowest BCUT2D eigenvalue weighted by atomic mass is 9.95. The standard InChI is InChI=1S/C24H28O6/c1-6-29-23(26)24(2,3)14-30-21-18(10-12-20(27-4)22(21)28-5)16-7-9-17-15(13-16)8-11-19(17)25/h7,9-10,12-13H,6,8,11,14H2,1-5H3. The van der Waals surface area contributed by atoms with Crippen LogP contribution in [0.4, 0.5) is 0 Å². The number of benzene rings is 2. The second-order valence-corrected chi connectivity index (χ2v) is 7.87. The first kappa shape index (κ1) is 21.7. The highest BCUT2D eigenvalue weighted by Gasteiger charge is 2.32. The maximum absolute atomic E-state index is 12.3. The molecule has 0 amide bonds. The molecule has 2 aromatic carbocycles. The number of fused-ring (bicyclic) bond motifs is 1. The van der Waals surface area contributed by atoms with Gasteiger partial charge in [-0.3, -0.25) is 9.59 Å². The maximum Gasteiger partial charge on any atom is 0.314 e. The third-order valence-electron chi connectivity index (χ3n) is 5.24. The van der Waals surface area contributed by atoms with Gasteiger partial charge in [0, 0.05) is 17.5 Å². The van der Waals surface area contributed by atoms with Crippen LogP contribution in [0.2, 0.25) is 0 Å². The number of carbonyl (C=O) groups is 2. The molecule has 6 heteroatoms. The topological polar surface area (TPSA) is 71.1 Å². The quantitative estimate of drug-likeness (QED) is 0.596. The highest BCUT2D eigenvalue weighted by molar-refractivity contribution is 6.01. The van der Waals surface area contributed by atoms with Crippen LogP contribution in [-0.4, -0.2) is 39.2 Å². The lowest BCUT2D eigenvalue weighted by Gasteiger charge is -2.25. The summed E-state index contributed by atoms with van der Waals surface area (Å²) in [6.45, 7) is 5.74. The minimum atomic E-state index is -0.842. The van der Waals surface area contributed by atoms with Crippen LogP contribution in [0.5, 0.6) is 17.2 Å². The van der Waals surface area contributed by atoms with Crippen molar-refractivity contribution >= 4 is 11.8 Å². The van der Waals surface area contributed by atoms with Gasteiger partial charge in [-0.05, 0) is 50.5 Å². The monoisotopic (exact) mass is 412 g/mol. The minimum Gasteiger partial charge on any atom is -0.493 e. The molecule has 0 saturated carbocycles. The van der Waals surface area contributed by atoms with Crippen LogP contribution in [0.25, 0.3) is 11.1 Å². The van der Waals surface area contributed by atoms with Crippen molar-refractivity contribution in [2.75, 3.05) is 27.4 Å². The van der Waals surface area contributed by atoms with Crippen molar-refractivity contribution < 1.29 is 28.5 Å². The zero-order valence-electron chi connectivity index (χ0n) is 18.2. The Kier molecular flexibility index (Phi) is 6.34. The van der Waals surface area contributed by atoms with Crippen LogP contribution in [0, 0.1) is 5.41 Å². The van der Waals surface area contributed by atoms with E-state index in [1.807, 2.05) is 30.3 Å². The number of Topliss-reactive ketones (excluding diaryl/α,β-unsaturated/α-hetero) is 1. The molecule has 0 unspecified atom stereocenters. The van der Waals surface area contributed by atoms with E-state index in [9.17, 15) is 9.59 Å². The van der Waals surface area contributed by atoms with Crippen LogP contribution in [0.3, 0.4) is 0 Å². The van der Waals surface area contributed by atoms with Crippen LogP contribution in [-0.2, 0) is 16.0 Å². The number of rotatable bonds is 8. The van der Waals surface area contributed by atoms with E-state index in [0.29, 0.717) is 30.3 Å². The Balaban J connectivity index is 2.02. The number of carbonyl (C=O) groups excluding carboxylic acids is 2. The largest absolute Gasteiger partial charge is 0.493 e. The molecule has 1 aliphatic rings. The third-order valence-corrected chi connectivity index (χ3v) is 5.24.